The third-order valence-electron chi connectivity index (χ3n) is 4.57. The Bertz CT molecular complexity index is 965. The van der Waals surface area contributed by atoms with Gasteiger partial charge in [-0.3, -0.25) is 4.79 Å². The predicted octanol–water partition coefficient (Wildman–Crippen LogP) is 4.58. The van der Waals surface area contributed by atoms with Crippen LogP contribution in [0.5, 0.6) is 0 Å². The maximum Gasteiger partial charge on any atom is 0.234 e. The Morgan fingerprint density at radius 2 is 1.77 bits per heavy atom. The summed E-state index contributed by atoms with van der Waals surface area (Å²) in [5.41, 5.74) is 8.73. The highest BCUT2D eigenvalue weighted by atomic mass is 32.2. The summed E-state index contributed by atoms with van der Waals surface area (Å²) in [6, 6.07) is 17.6. The molecule has 4 N–H and O–H groups in total. The van der Waals surface area contributed by atoms with Gasteiger partial charge in [-0.25, -0.2) is 0 Å². The molecule has 0 aliphatic rings. The topological polar surface area (TPSA) is 106 Å². The summed E-state index contributed by atoms with van der Waals surface area (Å²) in [7, 11) is 0. The van der Waals surface area contributed by atoms with E-state index in [0.29, 0.717) is 29.2 Å². The molecule has 1 atom stereocenters. The van der Waals surface area contributed by atoms with E-state index in [1.807, 2.05) is 42.5 Å². The van der Waals surface area contributed by atoms with Gasteiger partial charge in [-0.15, -0.1) is 11.8 Å². The minimum absolute atomic E-state index is 0.0686. The van der Waals surface area contributed by atoms with Gasteiger partial charge in [0.2, 0.25) is 17.8 Å². The van der Waals surface area contributed by atoms with Gasteiger partial charge in [0.15, 0.2) is 0 Å². The number of carbonyl (C=O) groups excluding carboxylic acids is 1. The number of nitrogens with one attached hydrogen (secondary N) is 2. The molecule has 0 aliphatic carbocycles. The third-order valence-corrected chi connectivity index (χ3v) is 5.50. The highest BCUT2D eigenvalue weighted by Crippen LogP contribution is 2.21. The summed E-state index contributed by atoms with van der Waals surface area (Å²) in [5, 5.41) is 6.02. The lowest BCUT2D eigenvalue weighted by Crippen LogP contribution is -2.14. The number of nitrogens with two attached hydrogens (primary N) is 1. The molecule has 0 saturated heterocycles. The summed E-state index contributed by atoms with van der Waals surface area (Å²) >= 11 is 1.42. The van der Waals surface area contributed by atoms with Gasteiger partial charge in [0.1, 0.15) is 5.82 Å². The Morgan fingerprint density at radius 1 is 1.03 bits per heavy atom. The Balaban J connectivity index is 1.50. The lowest BCUT2D eigenvalue weighted by Gasteiger charge is -2.10. The quantitative estimate of drug-likeness (QED) is 0.463. The number of thioether (sulfide) groups is 1. The van der Waals surface area contributed by atoms with Crippen LogP contribution in [0, 0.1) is 0 Å². The van der Waals surface area contributed by atoms with Crippen molar-refractivity contribution in [1.82, 2.24) is 15.0 Å². The molecule has 0 spiro atoms. The van der Waals surface area contributed by atoms with Gasteiger partial charge in [-0.2, -0.15) is 15.0 Å². The average Bonchev–Trinajstić information content (AvgIpc) is 2.74. The average molecular weight is 423 g/mol. The molecular weight excluding hydrogens is 396 g/mol. The van der Waals surface area contributed by atoms with E-state index in [9.17, 15) is 4.79 Å². The fourth-order valence-electron chi connectivity index (χ4n) is 2.77. The van der Waals surface area contributed by atoms with Crippen molar-refractivity contribution in [2.24, 2.45) is 0 Å². The second kappa shape index (κ2) is 10.6. The summed E-state index contributed by atoms with van der Waals surface area (Å²) in [6.07, 6.45) is 1.09. The maximum absolute atomic E-state index is 12.2. The van der Waals surface area contributed by atoms with Crippen molar-refractivity contribution >= 4 is 40.9 Å². The fraction of sp³-hybridized carbons (Fsp3) is 0.273. The van der Waals surface area contributed by atoms with Crippen LogP contribution < -0.4 is 16.4 Å². The van der Waals surface area contributed by atoms with Gasteiger partial charge < -0.3 is 16.4 Å². The van der Waals surface area contributed by atoms with Crippen LogP contribution in [0.3, 0.4) is 0 Å². The molecule has 7 nitrogen and oxygen atoms in total. The van der Waals surface area contributed by atoms with Crippen LogP contribution in [0.2, 0.25) is 0 Å². The van der Waals surface area contributed by atoms with Crippen LogP contribution in [0.4, 0.5) is 23.3 Å². The first-order valence-corrected chi connectivity index (χ1v) is 11.0. The van der Waals surface area contributed by atoms with Crippen LogP contribution in [0.25, 0.3) is 0 Å². The van der Waals surface area contributed by atoms with Gasteiger partial charge in [-0.1, -0.05) is 44.2 Å². The third kappa shape index (κ3) is 6.45. The molecule has 3 rings (SSSR count). The molecule has 1 amide bonds. The van der Waals surface area contributed by atoms with Crippen molar-refractivity contribution in [2.75, 3.05) is 22.1 Å². The number of benzene rings is 2. The molecule has 0 unspecified atom stereocenters. The van der Waals surface area contributed by atoms with E-state index < -0.39 is 0 Å². The van der Waals surface area contributed by atoms with Crippen LogP contribution in [0.1, 0.15) is 37.6 Å². The number of nitrogens with zero attached hydrogens (tertiary/aromatic N) is 3. The van der Waals surface area contributed by atoms with Gasteiger partial charge in [0.05, 0.1) is 11.5 Å². The summed E-state index contributed by atoms with van der Waals surface area (Å²) in [5.74, 6) is 2.24. The molecule has 8 heteroatoms. The second-order valence-electron chi connectivity index (χ2n) is 6.90. The normalized spacial score (nSPS) is 11.7. The second-order valence-corrected chi connectivity index (χ2v) is 7.88. The largest absolute Gasteiger partial charge is 0.368 e. The van der Waals surface area contributed by atoms with E-state index in [0.717, 1.165) is 17.8 Å². The summed E-state index contributed by atoms with van der Waals surface area (Å²) in [4.78, 5) is 24.9. The first-order chi connectivity index (χ1) is 14.5. The molecule has 1 heterocycles. The zero-order valence-corrected chi connectivity index (χ0v) is 17.9. The summed E-state index contributed by atoms with van der Waals surface area (Å²) < 4.78 is 0. The number of amides is 1. The number of hydrogen-bond donors (Lipinski definition) is 3. The molecular formula is C22H26N6OS. The predicted molar refractivity (Wildman–Crippen MR) is 124 cm³/mol. The van der Waals surface area contributed by atoms with E-state index in [2.05, 4.69) is 51.6 Å². The molecule has 156 valence electrons. The van der Waals surface area contributed by atoms with Crippen molar-refractivity contribution in [3.05, 3.63) is 66.0 Å². The Kier molecular flexibility index (Phi) is 7.62. The van der Waals surface area contributed by atoms with Crippen molar-refractivity contribution in [3.63, 3.8) is 0 Å². The first kappa shape index (κ1) is 21.6. The van der Waals surface area contributed by atoms with E-state index in [1.165, 1.54) is 17.3 Å². The minimum Gasteiger partial charge on any atom is -0.368 e. The Morgan fingerprint density at radius 3 is 2.47 bits per heavy atom. The number of hydrogen-bond acceptors (Lipinski definition) is 7. The zero-order valence-electron chi connectivity index (χ0n) is 17.1. The number of carbonyl (C=O) groups is 1. The highest BCUT2D eigenvalue weighted by Gasteiger charge is 2.08. The minimum atomic E-state index is -0.0686. The van der Waals surface area contributed by atoms with E-state index in [-0.39, 0.29) is 11.9 Å². The number of rotatable bonds is 9. The van der Waals surface area contributed by atoms with E-state index in [4.69, 9.17) is 5.73 Å². The Labute approximate surface area is 180 Å². The molecule has 2 aromatic carbocycles. The van der Waals surface area contributed by atoms with Crippen LogP contribution in [-0.4, -0.2) is 26.6 Å². The molecule has 0 radical (unpaired) electrons. The zero-order chi connectivity index (χ0) is 21.3. The highest BCUT2D eigenvalue weighted by molar-refractivity contribution is 7.99. The van der Waals surface area contributed by atoms with Gasteiger partial charge in [0.25, 0.3) is 0 Å². The Hall–Kier alpha value is -3.13. The molecule has 30 heavy (non-hydrogen) atoms. The van der Waals surface area contributed by atoms with Crippen molar-refractivity contribution < 1.29 is 4.79 Å². The molecule has 0 aliphatic heterocycles. The van der Waals surface area contributed by atoms with E-state index >= 15 is 0 Å². The lowest BCUT2D eigenvalue weighted by molar-refractivity contribution is -0.113. The van der Waals surface area contributed by atoms with Crippen LogP contribution >= 0.6 is 11.8 Å². The van der Waals surface area contributed by atoms with Gasteiger partial charge in [-0.05, 0) is 42.2 Å². The van der Waals surface area contributed by atoms with Crippen molar-refractivity contribution in [1.29, 1.82) is 0 Å². The first-order valence-electron chi connectivity index (χ1n) is 9.83. The molecule has 1 aromatic heterocycles. The lowest BCUT2D eigenvalue weighted by atomic mass is 9.99. The standard InChI is InChI=1S/C22H26N6OS/c1-3-15(2)16-9-11-18(12-10-16)24-20(29)14-30-13-19-26-21(23)28-22(27-19)25-17-7-5-4-6-8-17/h4-12,15H,3,13-14H2,1-2H3,(H,24,29)(H3,23,25,26,27,28)/t15-/m0/s1. The summed E-state index contributed by atoms with van der Waals surface area (Å²) in [6.45, 7) is 4.36. The number of para-hydroxylation sites is 1. The van der Waals surface area contributed by atoms with Gasteiger partial charge >= 0.3 is 0 Å². The molecule has 3 aromatic rings. The number of nitrogen functional groups attached to an aromatic ring is 1. The number of aromatic nitrogens is 3. The smallest absolute Gasteiger partial charge is 0.234 e. The molecule has 0 bridgehead atoms. The monoisotopic (exact) mass is 422 g/mol. The van der Waals surface area contributed by atoms with Crippen molar-refractivity contribution in [3.8, 4) is 0 Å². The maximum atomic E-state index is 12.2. The number of anilines is 4. The van der Waals surface area contributed by atoms with Crippen molar-refractivity contribution in [2.45, 2.75) is 31.9 Å². The molecule has 0 saturated carbocycles. The molecule has 0 fully saturated rings. The van der Waals surface area contributed by atoms with Crippen LogP contribution in [-0.2, 0) is 10.5 Å². The SMILES string of the molecule is CC[C@H](C)c1ccc(NC(=O)CSCc2nc(N)nc(Nc3ccccc3)n2)cc1. The van der Waals surface area contributed by atoms with Gasteiger partial charge in [0, 0.05) is 11.4 Å². The van der Waals surface area contributed by atoms with Crippen LogP contribution in [0.15, 0.2) is 54.6 Å². The fourth-order valence-corrected chi connectivity index (χ4v) is 3.44. The van der Waals surface area contributed by atoms with E-state index in [1.54, 1.807) is 0 Å².